The fourth-order valence-corrected chi connectivity index (χ4v) is 5.93. The number of halogens is 1. The predicted molar refractivity (Wildman–Crippen MR) is 129 cm³/mol. The molecule has 1 fully saturated rings. The van der Waals surface area contributed by atoms with Crippen LogP contribution < -0.4 is 0 Å². The maximum atomic E-state index is 6.34. The number of benzene rings is 3. The number of hydrogen-bond acceptors (Lipinski definition) is 2. The molecule has 0 N–H and O–H groups in total. The Kier molecular flexibility index (Phi) is 5.99. The predicted octanol–water partition coefficient (Wildman–Crippen LogP) is 7.51. The van der Waals surface area contributed by atoms with Crippen LogP contribution in [0.4, 0.5) is 0 Å². The molecule has 3 aromatic carbocycles. The summed E-state index contributed by atoms with van der Waals surface area (Å²) >= 11 is 8.19. The summed E-state index contributed by atoms with van der Waals surface area (Å²) in [5, 5.41) is 0.808. The summed E-state index contributed by atoms with van der Waals surface area (Å²) in [5.41, 5.74) is 5.44. The molecule has 152 valence electrons. The largest absolute Gasteiger partial charge is 0.303 e. The lowest BCUT2D eigenvalue weighted by Crippen LogP contribution is -2.33. The Morgan fingerprint density at radius 1 is 0.867 bits per heavy atom. The molecule has 5 rings (SSSR count). The highest BCUT2D eigenvalue weighted by atomic mass is 35.5. The van der Waals surface area contributed by atoms with Crippen molar-refractivity contribution in [1.82, 2.24) is 4.90 Å². The van der Waals surface area contributed by atoms with Crippen molar-refractivity contribution < 1.29 is 0 Å². The van der Waals surface area contributed by atoms with E-state index >= 15 is 0 Å². The van der Waals surface area contributed by atoms with Crippen LogP contribution in [0.15, 0.2) is 88.7 Å². The number of fused-ring (bicyclic) bond motifs is 2. The molecular formula is C27H26ClNS. The van der Waals surface area contributed by atoms with E-state index in [1.807, 2.05) is 17.8 Å². The van der Waals surface area contributed by atoms with Crippen molar-refractivity contribution in [2.45, 2.75) is 35.0 Å². The molecule has 0 spiro atoms. The van der Waals surface area contributed by atoms with Crippen LogP contribution >= 0.6 is 23.4 Å². The lowest BCUT2D eigenvalue weighted by molar-refractivity contribution is 0.216. The van der Waals surface area contributed by atoms with Gasteiger partial charge in [0.25, 0.3) is 0 Å². The minimum Gasteiger partial charge on any atom is -0.303 e. The zero-order valence-corrected chi connectivity index (χ0v) is 18.6. The first-order valence-electron chi connectivity index (χ1n) is 10.8. The monoisotopic (exact) mass is 431 g/mol. The second kappa shape index (κ2) is 9.01. The van der Waals surface area contributed by atoms with Gasteiger partial charge in [-0.25, -0.2) is 0 Å². The van der Waals surface area contributed by atoms with Gasteiger partial charge in [0.2, 0.25) is 0 Å². The van der Waals surface area contributed by atoms with Gasteiger partial charge in [0.1, 0.15) is 0 Å². The molecule has 30 heavy (non-hydrogen) atoms. The molecule has 2 heterocycles. The Morgan fingerprint density at radius 2 is 1.60 bits per heavy atom. The van der Waals surface area contributed by atoms with Crippen LogP contribution in [-0.2, 0) is 0 Å². The van der Waals surface area contributed by atoms with Crippen LogP contribution in [0.25, 0.3) is 5.57 Å². The van der Waals surface area contributed by atoms with Crippen LogP contribution in [0.5, 0.6) is 0 Å². The Bertz CT molecular complexity index is 1050. The van der Waals surface area contributed by atoms with Crippen molar-refractivity contribution >= 4 is 28.9 Å². The molecule has 0 aromatic heterocycles. The van der Waals surface area contributed by atoms with Gasteiger partial charge in [0.05, 0.1) is 0 Å². The number of likely N-dealkylation sites (tertiary alicyclic amines) is 1. The average molecular weight is 432 g/mol. The average Bonchev–Trinajstić information content (AvgIpc) is 2.80. The van der Waals surface area contributed by atoms with E-state index in [0.717, 1.165) is 23.9 Å². The highest BCUT2D eigenvalue weighted by Crippen LogP contribution is 2.46. The van der Waals surface area contributed by atoms with E-state index in [1.165, 1.54) is 58.0 Å². The van der Waals surface area contributed by atoms with Gasteiger partial charge in [-0.05, 0) is 84.8 Å². The molecule has 0 saturated carbocycles. The minimum atomic E-state index is 0.720. The van der Waals surface area contributed by atoms with Gasteiger partial charge in [0.15, 0.2) is 0 Å². The molecule has 2 aliphatic heterocycles. The summed E-state index contributed by atoms with van der Waals surface area (Å²) in [6.07, 6.45) is 6.02. The Balaban J connectivity index is 1.28. The van der Waals surface area contributed by atoms with Gasteiger partial charge in [-0.15, -0.1) is 0 Å². The van der Waals surface area contributed by atoms with E-state index in [-0.39, 0.29) is 0 Å². The molecule has 0 bridgehead atoms. The summed E-state index contributed by atoms with van der Waals surface area (Å²) in [4.78, 5) is 5.26. The highest BCUT2D eigenvalue weighted by molar-refractivity contribution is 7.99. The molecule has 3 heteroatoms. The third-order valence-electron chi connectivity index (χ3n) is 6.28. The third kappa shape index (κ3) is 4.23. The molecule has 0 aliphatic carbocycles. The number of rotatable bonds is 4. The number of piperidine rings is 1. The summed E-state index contributed by atoms with van der Waals surface area (Å²) in [6.45, 7) is 3.51. The summed E-state index contributed by atoms with van der Waals surface area (Å²) in [7, 11) is 0. The Morgan fingerprint density at radius 3 is 2.43 bits per heavy atom. The highest BCUT2D eigenvalue weighted by Gasteiger charge is 2.22. The van der Waals surface area contributed by atoms with Gasteiger partial charge < -0.3 is 4.90 Å². The summed E-state index contributed by atoms with van der Waals surface area (Å²) in [5.74, 6) is 0.720. The summed E-state index contributed by atoms with van der Waals surface area (Å²) in [6, 6.07) is 26.0. The van der Waals surface area contributed by atoms with Crippen molar-refractivity contribution in [3.05, 3.63) is 101 Å². The van der Waals surface area contributed by atoms with Crippen molar-refractivity contribution in [1.29, 1.82) is 0 Å². The van der Waals surface area contributed by atoms with Gasteiger partial charge in [-0.2, -0.15) is 0 Å². The molecule has 3 aromatic rings. The van der Waals surface area contributed by atoms with Crippen LogP contribution in [0.3, 0.4) is 0 Å². The van der Waals surface area contributed by atoms with E-state index in [1.54, 1.807) is 0 Å². The maximum absolute atomic E-state index is 6.34. The first-order valence-corrected chi connectivity index (χ1v) is 12.0. The van der Waals surface area contributed by atoms with Crippen LogP contribution in [0, 0.1) is 0 Å². The molecular weight excluding hydrogens is 406 g/mol. The van der Waals surface area contributed by atoms with Crippen molar-refractivity contribution in [3.8, 4) is 0 Å². The second-order valence-electron chi connectivity index (χ2n) is 8.17. The van der Waals surface area contributed by atoms with Gasteiger partial charge in [0, 0.05) is 21.4 Å². The van der Waals surface area contributed by atoms with Crippen molar-refractivity contribution in [3.63, 3.8) is 0 Å². The first kappa shape index (κ1) is 19.9. The maximum Gasteiger partial charge on any atom is 0.0412 e. The quantitative estimate of drug-likeness (QED) is 0.329. The minimum absolute atomic E-state index is 0.720. The van der Waals surface area contributed by atoms with E-state index in [4.69, 9.17) is 11.6 Å². The van der Waals surface area contributed by atoms with Crippen molar-refractivity contribution in [2.75, 3.05) is 19.6 Å². The second-order valence-corrected chi connectivity index (χ2v) is 9.69. The zero-order valence-electron chi connectivity index (χ0n) is 17.1. The van der Waals surface area contributed by atoms with E-state index in [9.17, 15) is 0 Å². The fraction of sp³-hybridized carbons (Fsp3) is 0.259. The lowest BCUT2D eigenvalue weighted by Gasteiger charge is -2.32. The molecule has 0 radical (unpaired) electrons. The number of hydrogen-bond donors (Lipinski definition) is 0. The van der Waals surface area contributed by atoms with Gasteiger partial charge in [-0.3, -0.25) is 0 Å². The Labute approximate surface area is 188 Å². The first-order chi connectivity index (χ1) is 14.8. The van der Waals surface area contributed by atoms with Gasteiger partial charge >= 0.3 is 0 Å². The van der Waals surface area contributed by atoms with E-state index in [0.29, 0.717) is 0 Å². The third-order valence-corrected chi connectivity index (χ3v) is 7.67. The molecule has 2 aliphatic rings. The van der Waals surface area contributed by atoms with Crippen LogP contribution in [0.2, 0.25) is 5.02 Å². The van der Waals surface area contributed by atoms with E-state index in [2.05, 4.69) is 77.7 Å². The standard InChI is InChI=1S/C27H26ClNS/c28-22-12-13-27-25(19-22)23(24-9-4-5-11-26(24)30-27)10-6-16-29-17-14-21(15-18-29)20-7-2-1-3-8-20/h1-5,7-13,19,21H,6,14-18H2/b23-10+. The van der Waals surface area contributed by atoms with Crippen molar-refractivity contribution in [2.24, 2.45) is 0 Å². The smallest absolute Gasteiger partial charge is 0.0412 e. The van der Waals surface area contributed by atoms with E-state index < -0.39 is 0 Å². The molecule has 1 nitrogen and oxygen atoms in total. The van der Waals surface area contributed by atoms with Gasteiger partial charge in [-0.1, -0.05) is 78.0 Å². The molecule has 0 amide bonds. The molecule has 0 unspecified atom stereocenters. The SMILES string of the molecule is Clc1ccc2c(c1)/C(=C/CCN1CCC(c3ccccc3)CC1)c1ccccc1S2. The fourth-order valence-electron chi connectivity index (χ4n) is 4.67. The van der Waals surface area contributed by atoms with Crippen LogP contribution in [0.1, 0.15) is 41.9 Å². The topological polar surface area (TPSA) is 3.24 Å². The zero-order chi connectivity index (χ0) is 20.3. The van der Waals surface area contributed by atoms with Crippen LogP contribution in [-0.4, -0.2) is 24.5 Å². The Hall–Kier alpha value is -2.00. The normalized spacial score (nSPS) is 18.2. The lowest BCUT2D eigenvalue weighted by atomic mass is 9.89. The molecule has 0 atom stereocenters. The number of nitrogens with zero attached hydrogens (tertiary/aromatic N) is 1. The molecule has 1 saturated heterocycles. The summed E-state index contributed by atoms with van der Waals surface area (Å²) < 4.78 is 0.